The summed E-state index contributed by atoms with van der Waals surface area (Å²) in [6.07, 6.45) is 3.02. The number of hydrogen-bond donors (Lipinski definition) is 1. The Hall–Kier alpha value is -3.15. The second kappa shape index (κ2) is 8.10. The summed E-state index contributed by atoms with van der Waals surface area (Å²) in [5.74, 6) is 1.31. The Labute approximate surface area is 146 Å². The van der Waals surface area contributed by atoms with Gasteiger partial charge in [-0.1, -0.05) is 12.1 Å². The fourth-order valence-electron chi connectivity index (χ4n) is 2.30. The van der Waals surface area contributed by atoms with Crippen LogP contribution in [0, 0.1) is 0 Å². The van der Waals surface area contributed by atoms with Gasteiger partial charge in [-0.2, -0.15) is 0 Å². The Morgan fingerprint density at radius 3 is 2.00 bits per heavy atom. The van der Waals surface area contributed by atoms with Gasteiger partial charge in [-0.15, -0.1) is 0 Å². The molecule has 0 fully saturated rings. The molecular formula is C19H20O6. The molecular weight excluding hydrogens is 324 g/mol. The maximum Gasteiger partial charge on any atom is 0.193 e. The number of phenols is 1. The van der Waals surface area contributed by atoms with Crippen molar-refractivity contribution in [2.24, 2.45) is 0 Å². The van der Waals surface area contributed by atoms with E-state index in [1.54, 1.807) is 30.3 Å². The van der Waals surface area contributed by atoms with Crippen LogP contribution in [0.2, 0.25) is 0 Å². The quantitative estimate of drug-likeness (QED) is 0.613. The number of allylic oxidation sites excluding steroid dienone is 1. The van der Waals surface area contributed by atoms with Gasteiger partial charge in [0.1, 0.15) is 22.8 Å². The van der Waals surface area contributed by atoms with Crippen molar-refractivity contribution < 1.29 is 28.8 Å². The number of methoxy groups -OCH3 is 4. The van der Waals surface area contributed by atoms with Crippen LogP contribution in [-0.4, -0.2) is 39.3 Å². The third kappa shape index (κ3) is 4.03. The lowest BCUT2D eigenvalue weighted by molar-refractivity contribution is 0.104. The van der Waals surface area contributed by atoms with Gasteiger partial charge in [0.25, 0.3) is 0 Å². The molecule has 0 bridgehead atoms. The van der Waals surface area contributed by atoms with E-state index in [2.05, 4.69) is 0 Å². The minimum absolute atomic E-state index is 0.0319. The number of carbonyl (C=O) groups excluding carboxylic acids is 1. The largest absolute Gasteiger partial charge is 0.504 e. The van der Waals surface area contributed by atoms with Crippen molar-refractivity contribution in [3.05, 3.63) is 47.5 Å². The van der Waals surface area contributed by atoms with E-state index >= 15 is 0 Å². The van der Waals surface area contributed by atoms with Crippen molar-refractivity contribution >= 4 is 11.9 Å². The molecule has 132 valence electrons. The number of carbonyl (C=O) groups is 1. The van der Waals surface area contributed by atoms with E-state index in [9.17, 15) is 9.90 Å². The summed E-state index contributed by atoms with van der Waals surface area (Å²) in [6.45, 7) is 0. The lowest BCUT2D eigenvalue weighted by Gasteiger charge is -2.13. The van der Waals surface area contributed by atoms with Gasteiger partial charge >= 0.3 is 0 Å². The van der Waals surface area contributed by atoms with Gasteiger partial charge in [-0.3, -0.25) is 4.79 Å². The Bertz CT molecular complexity index is 769. The topological polar surface area (TPSA) is 74.2 Å². The second-order valence-corrected chi connectivity index (χ2v) is 5.04. The zero-order valence-electron chi connectivity index (χ0n) is 14.5. The second-order valence-electron chi connectivity index (χ2n) is 5.04. The highest BCUT2D eigenvalue weighted by Crippen LogP contribution is 2.35. The van der Waals surface area contributed by atoms with E-state index in [4.69, 9.17) is 18.9 Å². The Kier molecular flexibility index (Phi) is 5.89. The number of benzene rings is 2. The third-order valence-electron chi connectivity index (χ3n) is 3.59. The van der Waals surface area contributed by atoms with E-state index in [0.717, 1.165) is 0 Å². The first-order chi connectivity index (χ1) is 12.0. The van der Waals surface area contributed by atoms with Gasteiger partial charge in [-0.25, -0.2) is 0 Å². The van der Waals surface area contributed by atoms with Crippen LogP contribution in [0.3, 0.4) is 0 Å². The van der Waals surface area contributed by atoms with Crippen LogP contribution in [0.5, 0.6) is 28.7 Å². The first kappa shape index (κ1) is 18.2. The minimum atomic E-state index is -0.289. The summed E-state index contributed by atoms with van der Waals surface area (Å²) in [4.78, 5) is 12.6. The van der Waals surface area contributed by atoms with Gasteiger partial charge in [-0.05, 0) is 23.8 Å². The monoisotopic (exact) mass is 344 g/mol. The molecule has 6 nitrogen and oxygen atoms in total. The smallest absolute Gasteiger partial charge is 0.193 e. The van der Waals surface area contributed by atoms with Crippen molar-refractivity contribution in [3.8, 4) is 28.7 Å². The summed E-state index contributed by atoms with van der Waals surface area (Å²) in [7, 11) is 5.92. The average Bonchev–Trinajstić information content (AvgIpc) is 2.65. The van der Waals surface area contributed by atoms with E-state index < -0.39 is 0 Å². The molecule has 2 aromatic rings. The van der Waals surface area contributed by atoms with Crippen LogP contribution in [-0.2, 0) is 0 Å². The van der Waals surface area contributed by atoms with Gasteiger partial charge in [0.15, 0.2) is 17.3 Å². The van der Waals surface area contributed by atoms with Crippen LogP contribution >= 0.6 is 0 Å². The van der Waals surface area contributed by atoms with E-state index in [0.29, 0.717) is 34.1 Å². The number of phenolic OH excluding ortho intramolecular Hbond substituents is 1. The summed E-state index contributed by atoms with van der Waals surface area (Å²) in [5, 5.41) is 9.62. The fourth-order valence-corrected chi connectivity index (χ4v) is 2.30. The fraction of sp³-hybridized carbons (Fsp3) is 0.211. The molecule has 1 N–H and O–H groups in total. The molecule has 0 saturated heterocycles. The summed E-state index contributed by atoms with van der Waals surface area (Å²) in [6, 6.07) is 8.03. The van der Waals surface area contributed by atoms with E-state index in [1.807, 2.05) is 0 Å². The summed E-state index contributed by atoms with van der Waals surface area (Å²) >= 11 is 0. The molecule has 2 rings (SSSR count). The number of ketones is 1. The molecule has 25 heavy (non-hydrogen) atoms. The molecule has 0 spiro atoms. The van der Waals surface area contributed by atoms with Gasteiger partial charge < -0.3 is 24.1 Å². The van der Waals surface area contributed by atoms with Crippen LogP contribution in [0.25, 0.3) is 6.08 Å². The van der Waals surface area contributed by atoms with Crippen LogP contribution in [0.15, 0.2) is 36.4 Å². The van der Waals surface area contributed by atoms with Gasteiger partial charge in [0.2, 0.25) is 0 Å². The summed E-state index contributed by atoms with van der Waals surface area (Å²) in [5.41, 5.74) is 1.00. The Morgan fingerprint density at radius 2 is 1.48 bits per heavy atom. The maximum absolute atomic E-state index is 12.6. The summed E-state index contributed by atoms with van der Waals surface area (Å²) < 4.78 is 20.8. The zero-order valence-corrected chi connectivity index (χ0v) is 14.5. The first-order valence-electron chi connectivity index (χ1n) is 7.43. The molecule has 2 aromatic carbocycles. The maximum atomic E-state index is 12.6. The first-order valence-corrected chi connectivity index (χ1v) is 7.43. The van der Waals surface area contributed by atoms with Gasteiger partial charge in [0.05, 0.1) is 28.4 Å². The van der Waals surface area contributed by atoms with Crippen LogP contribution in [0.1, 0.15) is 15.9 Å². The number of rotatable bonds is 7. The molecule has 6 heteroatoms. The van der Waals surface area contributed by atoms with Gasteiger partial charge in [0, 0.05) is 12.1 Å². The average molecular weight is 344 g/mol. The number of aromatic hydroxyl groups is 1. The minimum Gasteiger partial charge on any atom is -0.504 e. The number of hydrogen-bond acceptors (Lipinski definition) is 6. The predicted octanol–water partition coefficient (Wildman–Crippen LogP) is 3.32. The zero-order chi connectivity index (χ0) is 18.4. The van der Waals surface area contributed by atoms with Crippen LogP contribution < -0.4 is 18.9 Å². The van der Waals surface area contributed by atoms with Crippen LogP contribution in [0.4, 0.5) is 0 Å². The molecule has 0 heterocycles. The lowest BCUT2D eigenvalue weighted by Crippen LogP contribution is -2.03. The normalized spacial score (nSPS) is 10.6. The Morgan fingerprint density at radius 1 is 0.880 bits per heavy atom. The SMILES string of the molecule is COc1cc(OC)c(C(=O)C=Cc2ccc(O)c(OC)c2)c(OC)c1. The highest BCUT2D eigenvalue weighted by Gasteiger charge is 2.18. The molecule has 0 aromatic heterocycles. The highest BCUT2D eigenvalue weighted by atomic mass is 16.5. The molecule has 0 saturated carbocycles. The molecule has 0 unspecified atom stereocenters. The van der Waals surface area contributed by atoms with Crippen molar-refractivity contribution in [2.75, 3.05) is 28.4 Å². The third-order valence-corrected chi connectivity index (χ3v) is 3.59. The molecule has 0 aliphatic heterocycles. The van der Waals surface area contributed by atoms with Crippen molar-refractivity contribution in [1.29, 1.82) is 0 Å². The van der Waals surface area contributed by atoms with Crippen molar-refractivity contribution in [2.45, 2.75) is 0 Å². The standard InChI is InChI=1S/C19H20O6/c1-22-13-10-17(24-3)19(18(11-13)25-4)15(21)8-6-12-5-7-14(20)16(9-12)23-2/h5-11,20H,1-4H3. The van der Waals surface area contributed by atoms with Crippen molar-refractivity contribution in [3.63, 3.8) is 0 Å². The van der Waals surface area contributed by atoms with Crippen molar-refractivity contribution in [1.82, 2.24) is 0 Å². The number of ether oxygens (including phenoxy) is 4. The van der Waals surface area contributed by atoms with E-state index in [-0.39, 0.29) is 11.5 Å². The van der Waals surface area contributed by atoms with E-state index in [1.165, 1.54) is 40.6 Å². The predicted molar refractivity (Wildman–Crippen MR) is 94.1 cm³/mol. The molecule has 0 amide bonds. The molecule has 0 aliphatic carbocycles. The highest BCUT2D eigenvalue weighted by molar-refractivity contribution is 6.10. The molecule has 0 radical (unpaired) electrons. The molecule has 0 aliphatic rings. The Balaban J connectivity index is 2.37. The molecule has 0 atom stereocenters. The lowest BCUT2D eigenvalue weighted by atomic mass is 10.1.